The molecule has 33 heavy (non-hydrogen) atoms. The summed E-state index contributed by atoms with van der Waals surface area (Å²) in [5.74, 6) is 0.594. The first kappa shape index (κ1) is 22.3. The van der Waals surface area contributed by atoms with E-state index in [1.807, 2.05) is 26.1 Å². The largest absolute Gasteiger partial charge is 0.414 e. The Morgan fingerprint density at radius 2 is 2.00 bits per heavy atom. The summed E-state index contributed by atoms with van der Waals surface area (Å²) in [5.41, 5.74) is 9.94. The van der Waals surface area contributed by atoms with E-state index in [-0.39, 0.29) is 23.0 Å². The summed E-state index contributed by atoms with van der Waals surface area (Å²) in [6, 6.07) is 8.34. The Hall–Kier alpha value is -3.92. The number of anilines is 1. The standard InChI is InChI=1S/C23H24FN7O2/c1-13-8-15(10-26-3)4-6-17(13)22-29-30-23(33-22)20-21(25)27-11-18(28-20)16-5-7-19(32)31(12-16)14(2)9-24/h4-8,11-12,14,26H,9-10H2,1-3H3,(H2,25,27). The van der Waals surface area contributed by atoms with E-state index in [4.69, 9.17) is 10.2 Å². The van der Waals surface area contributed by atoms with Gasteiger partial charge in [0.25, 0.3) is 11.4 Å². The van der Waals surface area contributed by atoms with Crippen molar-refractivity contribution in [3.63, 3.8) is 0 Å². The van der Waals surface area contributed by atoms with Gasteiger partial charge in [0.1, 0.15) is 6.67 Å². The molecule has 9 nitrogen and oxygen atoms in total. The van der Waals surface area contributed by atoms with Gasteiger partial charge in [-0.3, -0.25) is 4.79 Å². The zero-order valence-electron chi connectivity index (χ0n) is 18.5. The lowest BCUT2D eigenvalue weighted by atomic mass is 10.1. The van der Waals surface area contributed by atoms with Crippen LogP contribution in [0.5, 0.6) is 0 Å². The van der Waals surface area contributed by atoms with Crippen LogP contribution in [-0.2, 0) is 6.54 Å². The Morgan fingerprint density at radius 1 is 1.21 bits per heavy atom. The fourth-order valence-corrected chi connectivity index (χ4v) is 3.48. The first-order valence-corrected chi connectivity index (χ1v) is 10.4. The van der Waals surface area contributed by atoms with E-state index in [0.29, 0.717) is 17.1 Å². The van der Waals surface area contributed by atoms with Gasteiger partial charge in [-0.1, -0.05) is 12.1 Å². The fraction of sp³-hybridized carbons (Fsp3) is 0.261. The number of hydrogen-bond acceptors (Lipinski definition) is 8. The number of pyridine rings is 1. The summed E-state index contributed by atoms with van der Waals surface area (Å²) in [5, 5.41) is 11.4. The molecule has 0 amide bonds. The van der Waals surface area contributed by atoms with Crippen LogP contribution in [0.4, 0.5) is 10.2 Å². The molecule has 10 heteroatoms. The topological polar surface area (TPSA) is 125 Å². The Bertz CT molecular complexity index is 1350. The van der Waals surface area contributed by atoms with Gasteiger partial charge in [0, 0.05) is 29.9 Å². The molecule has 1 aromatic carbocycles. The summed E-state index contributed by atoms with van der Waals surface area (Å²) in [6.07, 6.45) is 3.02. The number of rotatable bonds is 7. The fourth-order valence-electron chi connectivity index (χ4n) is 3.48. The molecule has 3 aromatic heterocycles. The number of benzene rings is 1. The maximum absolute atomic E-state index is 13.1. The third kappa shape index (κ3) is 4.51. The lowest BCUT2D eigenvalue weighted by Crippen LogP contribution is -2.23. The molecule has 4 rings (SSSR count). The van der Waals surface area contributed by atoms with Gasteiger partial charge in [0.15, 0.2) is 11.5 Å². The van der Waals surface area contributed by atoms with E-state index in [1.165, 1.54) is 16.8 Å². The molecule has 0 radical (unpaired) electrons. The second kappa shape index (κ2) is 9.29. The third-order valence-electron chi connectivity index (χ3n) is 5.26. The highest BCUT2D eigenvalue weighted by molar-refractivity contribution is 5.69. The van der Waals surface area contributed by atoms with Crippen molar-refractivity contribution in [2.45, 2.75) is 26.4 Å². The van der Waals surface area contributed by atoms with Crippen molar-refractivity contribution >= 4 is 5.82 Å². The molecule has 0 aliphatic carbocycles. The van der Waals surface area contributed by atoms with Gasteiger partial charge >= 0.3 is 0 Å². The number of nitrogens with zero attached hydrogens (tertiary/aromatic N) is 5. The minimum Gasteiger partial charge on any atom is -0.414 e. The van der Waals surface area contributed by atoms with Crippen LogP contribution < -0.4 is 16.6 Å². The molecule has 0 aliphatic heterocycles. The van der Waals surface area contributed by atoms with E-state index in [0.717, 1.165) is 23.2 Å². The maximum Gasteiger partial charge on any atom is 0.270 e. The van der Waals surface area contributed by atoms with Crippen LogP contribution in [0.3, 0.4) is 0 Å². The molecule has 1 atom stereocenters. The van der Waals surface area contributed by atoms with Crippen LogP contribution in [0.15, 0.2) is 51.9 Å². The monoisotopic (exact) mass is 449 g/mol. The van der Waals surface area contributed by atoms with E-state index < -0.39 is 12.7 Å². The molecule has 170 valence electrons. The highest BCUT2D eigenvalue weighted by atomic mass is 19.1. The molecule has 0 saturated heterocycles. The van der Waals surface area contributed by atoms with Gasteiger partial charge in [-0.05, 0) is 44.2 Å². The van der Waals surface area contributed by atoms with Crippen molar-refractivity contribution in [3.05, 3.63) is 64.2 Å². The van der Waals surface area contributed by atoms with Gasteiger partial charge in [0.2, 0.25) is 5.89 Å². The highest BCUT2D eigenvalue weighted by Gasteiger charge is 2.18. The highest BCUT2D eigenvalue weighted by Crippen LogP contribution is 2.29. The van der Waals surface area contributed by atoms with Crippen LogP contribution in [0.1, 0.15) is 24.1 Å². The van der Waals surface area contributed by atoms with Gasteiger partial charge in [-0.15, -0.1) is 10.2 Å². The van der Waals surface area contributed by atoms with Gasteiger partial charge in [0.05, 0.1) is 17.9 Å². The second-order valence-corrected chi connectivity index (χ2v) is 7.75. The lowest BCUT2D eigenvalue weighted by Gasteiger charge is -2.12. The number of alkyl halides is 1. The number of halogens is 1. The predicted molar refractivity (Wildman–Crippen MR) is 123 cm³/mol. The average Bonchev–Trinajstić information content (AvgIpc) is 3.29. The Morgan fingerprint density at radius 3 is 2.73 bits per heavy atom. The Labute approximate surface area is 189 Å². The number of aromatic nitrogens is 5. The van der Waals surface area contributed by atoms with Gasteiger partial charge in [-0.25, -0.2) is 14.4 Å². The van der Waals surface area contributed by atoms with Crippen molar-refractivity contribution < 1.29 is 8.81 Å². The van der Waals surface area contributed by atoms with Gasteiger partial charge in [-0.2, -0.15) is 0 Å². The molecular formula is C23H24FN7O2. The zero-order valence-corrected chi connectivity index (χ0v) is 18.5. The van der Waals surface area contributed by atoms with Crippen LogP contribution in [0.25, 0.3) is 34.3 Å². The summed E-state index contributed by atoms with van der Waals surface area (Å²) in [7, 11) is 1.89. The summed E-state index contributed by atoms with van der Waals surface area (Å²) < 4.78 is 20.3. The van der Waals surface area contributed by atoms with Crippen LogP contribution >= 0.6 is 0 Å². The Balaban J connectivity index is 1.70. The molecule has 0 aliphatic rings. The summed E-state index contributed by atoms with van der Waals surface area (Å²) in [6.45, 7) is 3.69. The normalized spacial score (nSPS) is 12.1. The number of nitrogens with two attached hydrogens (primary N) is 1. The van der Waals surface area contributed by atoms with Crippen molar-refractivity contribution in [3.8, 4) is 34.3 Å². The SMILES string of the molecule is CNCc1ccc(-c2nnc(-c3nc(-c4ccc(=O)n(C(C)CF)c4)cnc3N)o2)c(C)c1. The predicted octanol–water partition coefficient (Wildman–Crippen LogP) is 3.16. The minimum absolute atomic E-state index is 0.125. The second-order valence-electron chi connectivity index (χ2n) is 7.75. The number of nitrogen functional groups attached to an aromatic ring is 1. The number of hydrogen-bond donors (Lipinski definition) is 2. The molecule has 0 spiro atoms. The maximum atomic E-state index is 13.1. The molecule has 1 unspecified atom stereocenters. The van der Waals surface area contributed by atoms with Crippen molar-refractivity contribution in [1.29, 1.82) is 0 Å². The van der Waals surface area contributed by atoms with E-state index in [1.54, 1.807) is 19.2 Å². The molecule has 3 N–H and O–H groups in total. The smallest absolute Gasteiger partial charge is 0.270 e. The van der Waals surface area contributed by atoms with Crippen LogP contribution in [0, 0.1) is 6.92 Å². The van der Waals surface area contributed by atoms with Gasteiger partial charge < -0.3 is 20.0 Å². The lowest BCUT2D eigenvalue weighted by molar-refractivity contribution is 0.371. The molecule has 4 aromatic rings. The molecule has 3 heterocycles. The molecule has 0 saturated carbocycles. The summed E-state index contributed by atoms with van der Waals surface area (Å²) in [4.78, 5) is 20.8. The van der Waals surface area contributed by atoms with Crippen molar-refractivity contribution in [2.24, 2.45) is 0 Å². The quantitative estimate of drug-likeness (QED) is 0.441. The van der Waals surface area contributed by atoms with E-state index in [2.05, 4.69) is 31.5 Å². The zero-order chi connectivity index (χ0) is 23.5. The third-order valence-corrected chi connectivity index (χ3v) is 5.26. The first-order valence-electron chi connectivity index (χ1n) is 10.4. The van der Waals surface area contributed by atoms with E-state index >= 15 is 0 Å². The van der Waals surface area contributed by atoms with Crippen molar-refractivity contribution in [2.75, 3.05) is 19.5 Å². The summed E-state index contributed by atoms with van der Waals surface area (Å²) >= 11 is 0. The Kier molecular flexibility index (Phi) is 6.27. The van der Waals surface area contributed by atoms with Crippen LogP contribution in [0.2, 0.25) is 0 Å². The van der Waals surface area contributed by atoms with Crippen molar-refractivity contribution in [1.82, 2.24) is 30.0 Å². The number of nitrogens with one attached hydrogen (secondary N) is 1. The number of aryl methyl sites for hydroxylation is 1. The first-order chi connectivity index (χ1) is 15.9. The minimum atomic E-state index is -0.665. The van der Waals surface area contributed by atoms with Crippen LogP contribution in [-0.4, -0.2) is 38.5 Å². The van der Waals surface area contributed by atoms with E-state index in [9.17, 15) is 9.18 Å². The molecular weight excluding hydrogens is 425 g/mol. The molecule has 0 fully saturated rings. The molecule has 0 bridgehead atoms. The average molecular weight is 449 g/mol.